The molecule has 1 aliphatic heterocycles. The van der Waals surface area contributed by atoms with E-state index < -0.39 is 0 Å². The van der Waals surface area contributed by atoms with E-state index in [1.54, 1.807) is 0 Å². The molecule has 0 fully saturated rings. The predicted octanol–water partition coefficient (Wildman–Crippen LogP) is 1.40. The number of unbranched alkanes of at least 4 members (excludes halogenated alkanes) is 1. The molecule has 0 aromatic heterocycles. The summed E-state index contributed by atoms with van der Waals surface area (Å²) in [6.45, 7) is 4.21. The zero-order valence-corrected chi connectivity index (χ0v) is 9.61. The Kier molecular flexibility index (Phi) is 5.01. The lowest BCUT2D eigenvalue weighted by Crippen LogP contribution is -2.26. The van der Waals surface area contributed by atoms with Crippen molar-refractivity contribution >= 4 is 5.97 Å². The van der Waals surface area contributed by atoms with Gasteiger partial charge < -0.3 is 14.5 Å². The summed E-state index contributed by atoms with van der Waals surface area (Å²) in [6.07, 6.45) is 6.53. The predicted molar refractivity (Wildman–Crippen MR) is 59.0 cm³/mol. The summed E-state index contributed by atoms with van der Waals surface area (Å²) in [5, 5.41) is 0. The van der Waals surface area contributed by atoms with Crippen molar-refractivity contribution in [1.82, 2.24) is 9.80 Å². The summed E-state index contributed by atoms with van der Waals surface area (Å²) in [4.78, 5) is 15.4. The van der Waals surface area contributed by atoms with Crippen LogP contribution in [0.25, 0.3) is 0 Å². The first kappa shape index (κ1) is 11.9. The zero-order chi connectivity index (χ0) is 11.1. The Morgan fingerprint density at radius 2 is 2.27 bits per heavy atom. The second-order valence-corrected chi connectivity index (χ2v) is 3.83. The largest absolute Gasteiger partial charge is 0.464 e. The Morgan fingerprint density at radius 1 is 1.47 bits per heavy atom. The van der Waals surface area contributed by atoms with Gasteiger partial charge in [0.15, 0.2) is 0 Å². The van der Waals surface area contributed by atoms with Gasteiger partial charge in [-0.3, -0.25) is 4.79 Å². The van der Waals surface area contributed by atoms with Crippen LogP contribution in [0.3, 0.4) is 0 Å². The molecule has 0 atom stereocenters. The van der Waals surface area contributed by atoms with E-state index in [1.807, 2.05) is 19.4 Å². The standard InChI is InChI=1S/C11H20N2O2/c1-3-4-5-11(14)15-9-8-13-7-6-12(2)10-13/h6-7H,3-5,8-10H2,1-2H3. The molecule has 0 spiro atoms. The lowest BCUT2D eigenvalue weighted by molar-refractivity contribution is -0.144. The highest BCUT2D eigenvalue weighted by Crippen LogP contribution is 2.03. The van der Waals surface area contributed by atoms with Crippen molar-refractivity contribution in [2.45, 2.75) is 26.2 Å². The van der Waals surface area contributed by atoms with E-state index in [-0.39, 0.29) is 5.97 Å². The third kappa shape index (κ3) is 4.72. The summed E-state index contributed by atoms with van der Waals surface area (Å²) < 4.78 is 5.11. The van der Waals surface area contributed by atoms with Crippen LogP contribution in [0.15, 0.2) is 12.4 Å². The molecule has 0 saturated heterocycles. The lowest BCUT2D eigenvalue weighted by atomic mass is 10.2. The van der Waals surface area contributed by atoms with Crippen LogP contribution in [0.1, 0.15) is 26.2 Å². The number of hydrogen-bond donors (Lipinski definition) is 0. The van der Waals surface area contributed by atoms with Crippen molar-refractivity contribution < 1.29 is 9.53 Å². The minimum absolute atomic E-state index is 0.0756. The van der Waals surface area contributed by atoms with Crippen molar-refractivity contribution in [1.29, 1.82) is 0 Å². The maximum absolute atomic E-state index is 11.2. The van der Waals surface area contributed by atoms with Gasteiger partial charge in [-0.05, 0) is 6.42 Å². The summed E-state index contributed by atoms with van der Waals surface area (Å²) in [5.74, 6) is -0.0756. The van der Waals surface area contributed by atoms with Gasteiger partial charge in [-0.25, -0.2) is 0 Å². The van der Waals surface area contributed by atoms with Crippen molar-refractivity contribution in [2.24, 2.45) is 0 Å². The van der Waals surface area contributed by atoms with Crippen LogP contribution in [-0.4, -0.2) is 42.6 Å². The molecule has 4 heteroatoms. The number of hydrogen-bond acceptors (Lipinski definition) is 4. The maximum atomic E-state index is 11.2. The molecule has 0 N–H and O–H groups in total. The van der Waals surface area contributed by atoms with Gasteiger partial charge in [-0.1, -0.05) is 13.3 Å². The Hall–Kier alpha value is -1.19. The molecule has 0 radical (unpaired) electrons. The third-order valence-electron chi connectivity index (χ3n) is 2.31. The van der Waals surface area contributed by atoms with Gasteiger partial charge >= 0.3 is 5.97 Å². The topological polar surface area (TPSA) is 32.8 Å². The van der Waals surface area contributed by atoms with Crippen LogP contribution in [-0.2, 0) is 9.53 Å². The van der Waals surface area contributed by atoms with E-state index in [0.717, 1.165) is 26.1 Å². The summed E-state index contributed by atoms with van der Waals surface area (Å²) in [6, 6.07) is 0. The van der Waals surface area contributed by atoms with Crippen molar-refractivity contribution in [2.75, 3.05) is 26.9 Å². The molecule has 1 aliphatic rings. The highest BCUT2D eigenvalue weighted by atomic mass is 16.5. The first-order valence-electron chi connectivity index (χ1n) is 5.50. The second-order valence-electron chi connectivity index (χ2n) is 3.83. The van der Waals surface area contributed by atoms with Gasteiger partial charge in [0, 0.05) is 25.9 Å². The number of carbonyl (C=O) groups is 1. The van der Waals surface area contributed by atoms with Crippen molar-refractivity contribution in [3.05, 3.63) is 12.4 Å². The fourth-order valence-corrected chi connectivity index (χ4v) is 1.40. The van der Waals surface area contributed by atoms with Gasteiger partial charge in [0.2, 0.25) is 0 Å². The molecule has 0 aromatic rings. The smallest absolute Gasteiger partial charge is 0.305 e. The highest BCUT2D eigenvalue weighted by Gasteiger charge is 2.08. The van der Waals surface area contributed by atoms with E-state index in [1.165, 1.54) is 0 Å². The molecule has 0 saturated carbocycles. The molecular formula is C11H20N2O2. The van der Waals surface area contributed by atoms with Gasteiger partial charge in [-0.2, -0.15) is 0 Å². The van der Waals surface area contributed by atoms with Gasteiger partial charge in [0.1, 0.15) is 6.61 Å². The monoisotopic (exact) mass is 212 g/mol. The zero-order valence-electron chi connectivity index (χ0n) is 9.61. The molecule has 1 heterocycles. The van der Waals surface area contributed by atoms with Crippen LogP contribution in [0.5, 0.6) is 0 Å². The molecule has 0 amide bonds. The maximum Gasteiger partial charge on any atom is 0.305 e. The average molecular weight is 212 g/mol. The molecule has 0 unspecified atom stereocenters. The number of carbonyl (C=O) groups excluding carboxylic acids is 1. The Bertz CT molecular complexity index is 229. The van der Waals surface area contributed by atoms with Gasteiger partial charge in [0.05, 0.1) is 13.2 Å². The number of ether oxygens (including phenoxy) is 1. The SMILES string of the molecule is CCCCC(=O)OCCN1C=CN(C)C1. The molecule has 4 nitrogen and oxygen atoms in total. The third-order valence-corrected chi connectivity index (χ3v) is 2.31. The molecular weight excluding hydrogens is 192 g/mol. The lowest BCUT2D eigenvalue weighted by Gasteiger charge is -2.17. The van der Waals surface area contributed by atoms with Crippen LogP contribution < -0.4 is 0 Å². The molecule has 1 rings (SSSR count). The van der Waals surface area contributed by atoms with Crippen molar-refractivity contribution in [3.63, 3.8) is 0 Å². The van der Waals surface area contributed by atoms with Crippen LogP contribution >= 0.6 is 0 Å². The van der Waals surface area contributed by atoms with E-state index in [4.69, 9.17) is 4.74 Å². The quantitative estimate of drug-likeness (QED) is 0.623. The van der Waals surface area contributed by atoms with E-state index >= 15 is 0 Å². The molecule has 0 bridgehead atoms. The summed E-state index contributed by atoms with van der Waals surface area (Å²) >= 11 is 0. The first-order valence-corrected chi connectivity index (χ1v) is 5.50. The van der Waals surface area contributed by atoms with Gasteiger partial charge in [0.25, 0.3) is 0 Å². The average Bonchev–Trinajstić information content (AvgIpc) is 2.61. The fraction of sp³-hybridized carbons (Fsp3) is 0.727. The fourth-order valence-electron chi connectivity index (χ4n) is 1.40. The van der Waals surface area contributed by atoms with Gasteiger partial charge in [-0.15, -0.1) is 0 Å². The van der Waals surface area contributed by atoms with E-state index in [2.05, 4.69) is 16.7 Å². The summed E-state index contributed by atoms with van der Waals surface area (Å²) in [7, 11) is 2.02. The Balaban J connectivity index is 2.01. The number of nitrogens with zero attached hydrogens (tertiary/aromatic N) is 2. The van der Waals surface area contributed by atoms with Crippen molar-refractivity contribution in [3.8, 4) is 0 Å². The molecule has 0 aromatic carbocycles. The normalized spacial score (nSPS) is 14.8. The van der Waals surface area contributed by atoms with Crippen LogP contribution in [0, 0.1) is 0 Å². The molecule has 15 heavy (non-hydrogen) atoms. The summed E-state index contributed by atoms with van der Waals surface area (Å²) in [5.41, 5.74) is 0. The number of esters is 1. The minimum atomic E-state index is -0.0756. The molecule has 86 valence electrons. The van der Waals surface area contributed by atoms with Crippen LogP contribution in [0.4, 0.5) is 0 Å². The second kappa shape index (κ2) is 6.32. The first-order chi connectivity index (χ1) is 7.22. The highest BCUT2D eigenvalue weighted by molar-refractivity contribution is 5.69. The Morgan fingerprint density at radius 3 is 2.87 bits per heavy atom. The van der Waals surface area contributed by atoms with E-state index in [9.17, 15) is 4.79 Å². The van der Waals surface area contributed by atoms with Crippen LogP contribution in [0.2, 0.25) is 0 Å². The molecule has 0 aliphatic carbocycles. The minimum Gasteiger partial charge on any atom is -0.464 e. The Labute approximate surface area is 91.5 Å². The number of rotatable bonds is 6. The van der Waals surface area contributed by atoms with E-state index in [0.29, 0.717) is 13.0 Å².